The standard InChI is InChI=1S/C25H29N3O2S/c29-24-10-8-19-7-9-21(18-22(19)26-24)30-16-4-3-11-27-12-14-28(15-13-27)25-17-20-5-1-2-6-23(20)31-25/h1-2,5-7,9,17-18H,3-4,8,10-16H2,(H,26,29). The summed E-state index contributed by atoms with van der Waals surface area (Å²) >= 11 is 1.90. The molecule has 3 heterocycles. The van der Waals surface area contributed by atoms with Crippen molar-refractivity contribution in [2.45, 2.75) is 25.7 Å². The number of nitrogens with one attached hydrogen (secondary N) is 1. The lowest BCUT2D eigenvalue weighted by Gasteiger charge is -2.35. The fourth-order valence-electron chi connectivity index (χ4n) is 4.38. The van der Waals surface area contributed by atoms with Crippen LogP contribution in [0.25, 0.3) is 10.1 Å². The van der Waals surface area contributed by atoms with Gasteiger partial charge in [0, 0.05) is 49.1 Å². The van der Waals surface area contributed by atoms with Gasteiger partial charge >= 0.3 is 0 Å². The number of benzene rings is 2. The van der Waals surface area contributed by atoms with Gasteiger partial charge in [-0.1, -0.05) is 24.3 Å². The van der Waals surface area contributed by atoms with Gasteiger partial charge in [0.2, 0.25) is 5.91 Å². The summed E-state index contributed by atoms with van der Waals surface area (Å²) in [5, 5.41) is 5.69. The average Bonchev–Trinajstić information content (AvgIpc) is 3.23. The van der Waals surface area contributed by atoms with E-state index in [1.54, 1.807) is 0 Å². The third kappa shape index (κ3) is 4.86. The van der Waals surface area contributed by atoms with Crippen molar-refractivity contribution in [1.29, 1.82) is 0 Å². The number of nitrogens with zero attached hydrogens (tertiary/aromatic N) is 2. The Labute approximate surface area is 187 Å². The van der Waals surface area contributed by atoms with Crippen LogP contribution in [0.2, 0.25) is 0 Å². The minimum atomic E-state index is 0.0945. The van der Waals surface area contributed by atoms with Crippen LogP contribution in [0.5, 0.6) is 5.75 Å². The van der Waals surface area contributed by atoms with Crippen LogP contribution in [0.15, 0.2) is 48.5 Å². The number of ether oxygens (including phenoxy) is 1. The number of amides is 1. The lowest BCUT2D eigenvalue weighted by Crippen LogP contribution is -2.46. The van der Waals surface area contributed by atoms with Crippen LogP contribution in [-0.2, 0) is 11.2 Å². The van der Waals surface area contributed by atoms with E-state index in [0.29, 0.717) is 13.0 Å². The summed E-state index contributed by atoms with van der Waals surface area (Å²) in [4.78, 5) is 16.7. The lowest BCUT2D eigenvalue weighted by atomic mass is 10.0. The first-order valence-corrected chi connectivity index (χ1v) is 12.1. The van der Waals surface area contributed by atoms with E-state index in [9.17, 15) is 4.79 Å². The SMILES string of the molecule is O=C1CCc2ccc(OCCCCN3CCN(c4cc5ccccc5s4)CC3)cc2N1. The maximum absolute atomic E-state index is 11.6. The highest BCUT2D eigenvalue weighted by Gasteiger charge is 2.18. The lowest BCUT2D eigenvalue weighted by molar-refractivity contribution is -0.116. The number of hydrogen-bond acceptors (Lipinski definition) is 5. The molecule has 0 saturated carbocycles. The molecule has 2 aliphatic rings. The predicted molar refractivity (Wildman–Crippen MR) is 129 cm³/mol. The molecule has 1 N–H and O–H groups in total. The van der Waals surface area contributed by atoms with Crippen LogP contribution in [0.1, 0.15) is 24.8 Å². The van der Waals surface area contributed by atoms with Gasteiger partial charge in [-0.25, -0.2) is 0 Å². The maximum atomic E-state index is 11.6. The van der Waals surface area contributed by atoms with E-state index in [1.165, 1.54) is 20.7 Å². The van der Waals surface area contributed by atoms with Crippen molar-refractivity contribution < 1.29 is 9.53 Å². The number of aryl methyl sites for hydroxylation is 1. The number of thiophene rings is 1. The Morgan fingerprint density at radius 1 is 0.968 bits per heavy atom. The molecule has 6 heteroatoms. The summed E-state index contributed by atoms with van der Waals surface area (Å²) in [6, 6.07) is 17.0. The summed E-state index contributed by atoms with van der Waals surface area (Å²) in [6.45, 7) is 6.30. The number of unbranched alkanes of at least 4 members (excludes halogenated alkanes) is 1. The Morgan fingerprint density at radius 2 is 1.84 bits per heavy atom. The number of piperazine rings is 1. The molecule has 5 nitrogen and oxygen atoms in total. The largest absolute Gasteiger partial charge is 0.494 e. The van der Waals surface area contributed by atoms with Crippen molar-refractivity contribution in [3.05, 3.63) is 54.1 Å². The van der Waals surface area contributed by atoms with Gasteiger partial charge in [-0.05, 0) is 55.0 Å². The second-order valence-electron chi connectivity index (χ2n) is 8.37. The Bertz CT molecular complexity index is 1020. The topological polar surface area (TPSA) is 44.8 Å². The van der Waals surface area contributed by atoms with Crippen LogP contribution in [0.3, 0.4) is 0 Å². The molecule has 0 aliphatic carbocycles. The number of hydrogen-bond donors (Lipinski definition) is 1. The number of rotatable bonds is 7. The molecule has 162 valence electrons. The highest BCUT2D eigenvalue weighted by molar-refractivity contribution is 7.22. The fourth-order valence-corrected chi connectivity index (χ4v) is 5.50. The van der Waals surface area contributed by atoms with E-state index < -0.39 is 0 Å². The third-order valence-electron chi connectivity index (χ3n) is 6.21. The predicted octanol–water partition coefficient (Wildman–Crippen LogP) is 4.77. The molecule has 31 heavy (non-hydrogen) atoms. The Kier molecular flexibility index (Phi) is 6.09. The van der Waals surface area contributed by atoms with Crippen molar-refractivity contribution in [3.63, 3.8) is 0 Å². The highest BCUT2D eigenvalue weighted by atomic mass is 32.1. The molecule has 0 spiro atoms. The second kappa shape index (κ2) is 9.28. The highest BCUT2D eigenvalue weighted by Crippen LogP contribution is 2.33. The molecule has 1 fully saturated rings. The smallest absolute Gasteiger partial charge is 0.224 e. The summed E-state index contributed by atoms with van der Waals surface area (Å²) in [5.74, 6) is 0.940. The molecule has 1 amide bonds. The van der Waals surface area contributed by atoms with Gasteiger partial charge in [0.25, 0.3) is 0 Å². The van der Waals surface area contributed by atoms with E-state index >= 15 is 0 Å². The first-order chi connectivity index (χ1) is 15.2. The Hall–Kier alpha value is -2.57. The van der Waals surface area contributed by atoms with Gasteiger partial charge in [-0.2, -0.15) is 0 Å². The number of anilines is 2. The zero-order valence-corrected chi connectivity index (χ0v) is 18.6. The molecular formula is C25H29N3O2S. The quantitative estimate of drug-likeness (QED) is 0.543. The summed E-state index contributed by atoms with van der Waals surface area (Å²) in [5.41, 5.74) is 2.10. The van der Waals surface area contributed by atoms with Gasteiger partial charge in [0.1, 0.15) is 5.75 Å². The van der Waals surface area contributed by atoms with Crippen molar-refractivity contribution in [2.75, 3.05) is 49.5 Å². The van der Waals surface area contributed by atoms with E-state index in [2.05, 4.69) is 51.5 Å². The van der Waals surface area contributed by atoms with Crippen LogP contribution in [0, 0.1) is 0 Å². The van der Waals surface area contributed by atoms with Crippen molar-refractivity contribution in [2.24, 2.45) is 0 Å². The zero-order valence-electron chi connectivity index (χ0n) is 17.8. The molecule has 2 aromatic carbocycles. The third-order valence-corrected chi connectivity index (χ3v) is 7.39. The molecule has 0 bridgehead atoms. The van der Waals surface area contributed by atoms with Crippen molar-refractivity contribution in [3.8, 4) is 5.75 Å². The van der Waals surface area contributed by atoms with Gasteiger partial charge in [0.05, 0.1) is 11.6 Å². The molecule has 2 aliphatic heterocycles. The van der Waals surface area contributed by atoms with Gasteiger partial charge in [-0.3, -0.25) is 9.69 Å². The average molecular weight is 436 g/mol. The molecule has 0 atom stereocenters. The number of carbonyl (C=O) groups is 1. The van der Waals surface area contributed by atoms with Crippen molar-refractivity contribution >= 4 is 38.0 Å². The summed E-state index contributed by atoms with van der Waals surface area (Å²) < 4.78 is 7.30. The van der Waals surface area contributed by atoms with Crippen molar-refractivity contribution in [1.82, 2.24) is 4.90 Å². The van der Waals surface area contributed by atoms with E-state index in [1.807, 2.05) is 23.5 Å². The molecule has 0 radical (unpaired) electrons. The minimum Gasteiger partial charge on any atom is -0.494 e. The van der Waals surface area contributed by atoms with E-state index in [0.717, 1.165) is 63.4 Å². The zero-order chi connectivity index (χ0) is 21.0. The summed E-state index contributed by atoms with van der Waals surface area (Å²) in [6.07, 6.45) is 3.58. The second-order valence-corrected chi connectivity index (χ2v) is 9.44. The van der Waals surface area contributed by atoms with Gasteiger partial charge in [0.15, 0.2) is 0 Å². The van der Waals surface area contributed by atoms with E-state index in [-0.39, 0.29) is 5.91 Å². The fraction of sp³-hybridized carbons (Fsp3) is 0.400. The van der Waals surface area contributed by atoms with Gasteiger partial charge in [-0.15, -0.1) is 11.3 Å². The minimum absolute atomic E-state index is 0.0945. The van der Waals surface area contributed by atoms with Crippen LogP contribution in [0.4, 0.5) is 10.7 Å². The number of carbonyl (C=O) groups excluding carboxylic acids is 1. The molecule has 5 rings (SSSR count). The van der Waals surface area contributed by atoms with Crippen LogP contribution in [-0.4, -0.2) is 50.1 Å². The molecule has 1 saturated heterocycles. The number of fused-ring (bicyclic) bond motifs is 2. The first kappa shape index (κ1) is 20.3. The molecule has 0 unspecified atom stereocenters. The molecular weight excluding hydrogens is 406 g/mol. The first-order valence-electron chi connectivity index (χ1n) is 11.3. The normalized spacial score (nSPS) is 16.9. The maximum Gasteiger partial charge on any atom is 0.224 e. The van der Waals surface area contributed by atoms with Gasteiger partial charge < -0.3 is 15.0 Å². The Balaban J connectivity index is 1.02. The Morgan fingerprint density at radius 3 is 2.71 bits per heavy atom. The summed E-state index contributed by atoms with van der Waals surface area (Å²) in [7, 11) is 0. The van der Waals surface area contributed by atoms with Crippen LogP contribution >= 0.6 is 11.3 Å². The monoisotopic (exact) mass is 435 g/mol. The van der Waals surface area contributed by atoms with E-state index in [4.69, 9.17) is 4.74 Å². The molecule has 1 aromatic heterocycles. The van der Waals surface area contributed by atoms with Crippen LogP contribution < -0.4 is 15.0 Å². The molecule has 3 aromatic rings.